The Bertz CT molecular complexity index is 456. The summed E-state index contributed by atoms with van der Waals surface area (Å²) >= 11 is 13.1. The molecule has 0 amide bonds. The molecule has 2 rings (SSSR count). The first kappa shape index (κ1) is 10.7. The van der Waals surface area contributed by atoms with E-state index in [1.165, 1.54) is 11.3 Å². The Morgan fingerprint density at radius 2 is 2.20 bits per heavy atom. The molecule has 1 aromatic heterocycles. The molecule has 5 heteroatoms. The fourth-order valence-electron chi connectivity index (χ4n) is 1.15. The van der Waals surface area contributed by atoms with E-state index in [-0.39, 0.29) is 0 Å². The summed E-state index contributed by atoms with van der Waals surface area (Å²) in [4.78, 5) is 5.06. The van der Waals surface area contributed by atoms with Crippen LogP contribution in [0.3, 0.4) is 0 Å². The van der Waals surface area contributed by atoms with Crippen molar-refractivity contribution in [3.8, 4) is 0 Å². The third kappa shape index (κ3) is 3.09. The van der Waals surface area contributed by atoms with E-state index in [0.29, 0.717) is 11.0 Å². The zero-order valence-electron chi connectivity index (χ0n) is 7.71. The summed E-state index contributed by atoms with van der Waals surface area (Å²) in [6.07, 6.45) is 1.77. The number of benzene rings is 1. The summed E-state index contributed by atoms with van der Waals surface area (Å²) < 4.78 is 0.567. The van der Waals surface area contributed by atoms with Gasteiger partial charge >= 0.3 is 0 Å². The fourth-order valence-corrected chi connectivity index (χ4v) is 2.26. The second-order valence-corrected chi connectivity index (χ2v) is 5.08. The number of hydrogen-bond acceptors (Lipinski definition) is 3. The van der Waals surface area contributed by atoms with Crippen LogP contribution in [-0.4, -0.2) is 4.98 Å². The van der Waals surface area contributed by atoms with Crippen molar-refractivity contribution >= 4 is 40.2 Å². The van der Waals surface area contributed by atoms with Crippen molar-refractivity contribution < 1.29 is 0 Å². The van der Waals surface area contributed by atoms with Gasteiger partial charge in [0.25, 0.3) is 0 Å². The van der Waals surface area contributed by atoms with Crippen LogP contribution in [0, 0.1) is 0 Å². The molecule has 1 aromatic carbocycles. The minimum absolute atomic E-state index is 0.567. The van der Waals surface area contributed by atoms with Crippen molar-refractivity contribution in [2.75, 3.05) is 5.32 Å². The zero-order chi connectivity index (χ0) is 10.7. The molecule has 0 bridgehead atoms. The van der Waals surface area contributed by atoms with Crippen LogP contribution >= 0.6 is 34.5 Å². The quantitative estimate of drug-likeness (QED) is 0.898. The van der Waals surface area contributed by atoms with Crippen molar-refractivity contribution in [1.29, 1.82) is 0 Å². The summed E-state index contributed by atoms with van der Waals surface area (Å²) in [7, 11) is 0. The summed E-state index contributed by atoms with van der Waals surface area (Å²) in [5.74, 6) is 0. The monoisotopic (exact) mass is 258 g/mol. The summed E-state index contributed by atoms with van der Waals surface area (Å²) in [5.41, 5.74) is 0.993. The maximum atomic E-state index is 5.86. The van der Waals surface area contributed by atoms with Crippen molar-refractivity contribution in [1.82, 2.24) is 4.98 Å². The SMILES string of the molecule is Clc1cccc(NCc2cnc(Cl)s2)c1. The molecular formula is C10H8Cl2N2S. The normalized spacial score (nSPS) is 10.3. The molecular weight excluding hydrogens is 251 g/mol. The van der Waals surface area contributed by atoms with Gasteiger partial charge in [-0.05, 0) is 18.2 Å². The van der Waals surface area contributed by atoms with Crippen molar-refractivity contribution in [3.63, 3.8) is 0 Å². The van der Waals surface area contributed by atoms with Crippen molar-refractivity contribution in [3.05, 3.63) is 44.8 Å². The van der Waals surface area contributed by atoms with Crippen LogP contribution < -0.4 is 5.32 Å². The molecule has 0 saturated heterocycles. The highest BCUT2D eigenvalue weighted by atomic mass is 35.5. The lowest BCUT2D eigenvalue weighted by Crippen LogP contribution is -1.96. The molecule has 2 aromatic rings. The lowest BCUT2D eigenvalue weighted by atomic mass is 10.3. The van der Waals surface area contributed by atoms with Gasteiger partial charge in [0.05, 0.1) is 6.54 Å². The van der Waals surface area contributed by atoms with Gasteiger partial charge in [-0.3, -0.25) is 0 Å². The van der Waals surface area contributed by atoms with E-state index in [4.69, 9.17) is 23.2 Å². The number of aromatic nitrogens is 1. The van der Waals surface area contributed by atoms with Crippen LogP contribution in [0.25, 0.3) is 0 Å². The second-order valence-electron chi connectivity index (χ2n) is 2.94. The number of anilines is 1. The Kier molecular flexibility index (Phi) is 3.46. The minimum atomic E-state index is 0.567. The lowest BCUT2D eigenvalue weighted by Gasteiger charge is -2.03. The van der Waals surface area contributed by atoms with Crippen LogP contribution in [0.2, 0.25) is 9.49 Å². The fraction of sp³-hybridized carbons (Fsp3) is 0.100. The summed E-state index contributed by atoms with van der Waals surface area (Å²) in [6, 6.07) is 7.60. The van der Waals surface area contributed by atoms with Crippen LogP contribution in [0.4, 0.5) is 5.69 Å². The molecule has 78 valence electrons. The van der Waals surface area contributed by atoms with E-state index in [2.05, 4.69) is 10.3 Å². The van der Waals surface area contributed by atoms with Gasteiger partial charge in [-0.15, -0.1) is 11.3 Å². The van der Waals surface area contributed by atoms with Crippen LogP contribution in [0.5, 0.6) is 0 Å². The molecule has 0 unspecified atom stereocenters. The van der Waals surface area contributed by atoms with Gasteiger partial charge in [-0.25, -0.2) is 4.98 Å². The van der Waals surface area contributed by atoms with E-state index in [9.17, 15) is 0 Å². The number of nitrogens with one attached hydrogen (secondary N) is 1. The Morgan fingerprint density at radius 3 is 2.87 bits per heavy atom. The Hall–Kier alpha value is -0.770. The van der Waals surface area contributed by atoms with Gasteiger partial charge in [-0.1, -0.05) is 29.3 Å². The third-order valence-corrected chi connectivity index (χ3v) is 3.17. The van der Waals surface area contributed by atoms with Crippen LogP contribution in [0.15, 0.2) is 30.5 Å². The lowest BCUT2D eigenvalue weighted by molar-refractivity contribution is 1.17. The second kappa shape index (κ2) is 4.84. The highest BCUT2D eigenvalue weighted by Gasteiger charge is 1.99. The molecule has 15 heavy (non-hydrogen) atoms. The highest BCUT2D eigenvalue weighted by Crippen LogP contribution is 2.20. The topological polar surface area (TPSA) is 24.9 Å². The van der Waals surface area contributed by atoms with Gasteiger partial charge < -0.3 is 5.32 Å². The van der Waals surface area contributed by atoms with E-state index < -0.39 is 0 Å². The molecule has 0 aliphatic rings. The molecule has 0 aliphatic heterocycles. The van der Waals surface area contributed by atoms with Crippen molar-refractivity contribution in [2.24, 2.45) is 0 Å². The first-order valence-electron chi connectivity index (χ1n) is 4.34. The Labute approximate surface area is 102 Å². The van der Waals surface area contributed by atoms with Gasteiger partial charge in [0.15, 0.2) is 4.47 Å². The average molecular weight is 259 g/mol. The largest absolute Gasteiger partial charge is 0.380 e. The van der Waals surface area contributed by atoms with E-state index >= 15 is 0 Å². The number of rotatable bonds is 3. The maximum absolute atomic E-state index is 5.86. The van der Waals surface area contributed by atoms with E-state index in [1.54, 1.807) is 6.20 Å². The molecule has 0 spiro atoms. The number of halogens is 2. The Balaban J connectivity index is 1.99. The number of nitrogens with zero attached hydrogens (tertiary/aromatic N) is 1. The first-order chi connectivity index (χ1) is 7.24. The predicted molar refractivity (Wildman–Crippen MR) is 65.9 cm³/mol. The molecule has 0 fully saturated rings. The number of thiazole rings is 1. The van der Waals surface area contributed by atoms with Crippen LogP contribution in [0.1, 0.15) is 4.88 Å². The molecule has 0 aliphatic carbocycles. The standard InChI is InChI=1S/C10H8Cl2N2S/c11-7-2-1-3-8(4-7)13-5-9-6-14-10(12)15-9/h1-4,6,13H,5H2. The van der Waals surface area contributed by atoms with E-state index in [0.717, 1.165) is 15.6 Å². The van der Waals surface area contributed by atoms with E-state index in [1.807, 2.05) is 24.3 Å². The van der Waals surface area contributed by atoms with Gasteiger partial charge in [-0.2, -0.15) is 0 Å². The molecule has 0 saturated carbocycles. The molecule has 0 atom stereocenters. The van der Waals surface area contributed by atoms with Crippen LogP contribution in [-0.2, 0) is 6.54 Å². The van der Waals surface area contributed by atoms with Gasteiger partial charge in [0.2, 0.25) is 0 Å². The molecule has 2 nitrogen and oxygen atoms in total. The summed E-state index contributed by atoms with van der Waals surface area (Å²) in [6.45, 7) is 0.713. The number of hydrogen-bond donors (Lipinski definition) is 1. The first-order valence-corrected chi connectivity index (χ1v) is 5.91. The zero-order valence-corrected chi connectivity index (χ0v) is 10.0. The molecule has 1 heterocycles. The Morgan fingerprint density at radius 1 is 1.33 bits per heavy atom. The maximum Gasteiger partial charge on any atom is 0.183 e. The van der Waals surface area contributed by atoms with Gasteiger partial charge in [0, 0.05) is 21.8 Å². The smallest absolute Gasteiger partial charge is 0.183 e. The highest BCUT2D eigenvalue weighted by molar-refractivity contribution is 7.15. The summed E-state index contributed by atoms with van der Waals surface area (Å²) in [5, 5.41) is 3.97. The average Bonchev–Trinajstić information content (AvgIpc) is 2.62. The molecule has 1 N–H and O–H groups in total. The minimum Gasteiger partial charge on any atom is -0.380 e. The van der Waals surface area contributed by atoms with Crippen molar-refractivity contribution in [2.45, 2.75) is 6.54 Å². The predicted octanol–water partition coefficient (Wildman–Crippen LogP) is 4.06. The molecule has 0 radical (unpaired) electrons. The third-order valence-electron chi connectivity index (χ3n) is 1.82. The van der Waals surface area contributed by atoms with Gasteiger partial charge in [0.1, 0.15) is 0 Å².